The molecule has 0 heterocycles. The molecule has 0 aliphatic rings. The predicted octanol–water partition coefficient (Wildman–Crippen LogP) is 9.68. The smallest absolute Gasteiger partial charge is 0.338 e. The Balaban J connectivity index is 1.11. The summed E-state index contributed by atoms with van der Waals surface area (Å²) in [5.41, 5.74) is 5.47. The van der Waals surface area contributed by atoms with Gasteiger partial charge in [0.2, 0.25) is 9.84 Å². The van der Waals surface area contributed by atoms with Crippen LogP contribution in [0, 0.1) is 20.8 Å². The maximum atomic E-state index is 13.6. The van der Waals surface area contributed by atoms with Gasteiger partial charge in [-0.25, -0.2) is 18.0 Å². The number of rotatable bonds is 12. The molecule has 0 aliphatic heterocycles. The van der Waals surface area contributed by atoms with Crippen molar-refractivity contribution in [1.29, 1.82) is 0 Å². The first-order valence-corrected chi connectivity index (χ1v) is 18.0. The minimum Gasteiger partial charge on any atom is -0.478 e. The molecule has 6 aromatic carbocycles. The molecule has 0 unspecified atom stereocenters. The van der Waals surface area contributed by atoms with Crippen LogP contribution in [0.2, 0.25) is 0 Å². The van der Waals surface area contributed by atoms with Crippen molar-refractivity contribution >= 4 is 21.8 Å². The second-order valence-electron chi connectivity index (χ2n) is 12.5. The largest absolute Gasteiger partial charge is 0.478 e. The lowest BCUT2D eigenvalue weighted by Gasteiger charge is -2.12. The van der Waals surface area contributed by atoms with E-state index in [1.165, 1.54) is 24.3 Å². The number of carboxylic acids is 1. The zero-order chi connectivity index (χ0) is 36.8. The van der Waals surface area contributed by atoms with Crippen LogP contribution < -0.4 is 9.47 Å². The molecule has 52 heavy (non-hydrogen) atoms. The van der Waals surface area contributed by atoms with Crippen molar-refractivity contribution in [2.24, 2.45) is 0 Å². The van der Waals surface area contributed by atoms with Gasteiger partial charge in [0, 0.05) is 0 Å². The molecule has 0 amide bonds. The third-order valence-corrected chi connectivity index (χ3v) is 10.2. The maximum absolute atomic E-state index is 13.6. The van der Waals surface area contributed by atoms with E-state index < -0.39 is 21.8 Å². The molecular weight excluding hydrogens is 677 g/mol. The van der Waals surface area contributed by atoms with Crippen molar-refractivity contribution in [2.75, 3.05) is 0 Å². The fourth-order valence-electron chi connectivity index (χ4n) is 5.67. The molecule has 6 aromatic rings. The number of sulfone groups is 1. The summed E-state index contributed by atoms with van der Waals surface area (Å²) >= 11 is 0. The summed E-state index contributed by atoms with van der Waals surface area (Å²) in [5.74, 6) is 0.294. The molecule has 6 rings (SSSR count). The Kier molecular flexibility index (Phi) is 10.5. The van der Waals surface area contributed by atoms with Gasteiger partial charge in [0.15, 0.2) is 0 Å². The molecule has 0 spiro atoms. The molecule has 0 aromatic heterocycles. The predicted molar refractivity (Wildman–Crippen MR) is 197 cm³/mol. The number of carboxylic acid groups (broad SMARTS) is 1. The Bertz CT molecular complexity index is 2400. The summed E-state index contributed by atoms with van der Waals surface area (Å²) < 4.78 is 44.9. The fraction of sp³-hybridized carbons (Fsp3) is 0.116. The van der Waals surface area contributed by atoms with E-state index in [4.69, 9.17) is 14.2 Å². The number of esters is 1. The first kappa shape index (κ1) is 35.6. The number of carbonyl (C=O) groups excluding carboxylic acids is 1. The highest BCUT2D eigenvalue weighted by atomic mass is 32.2. The van der Waals surface area contributed by atoms with Gasteiger partial charge >= 0.3 is 11.9 Å². The topological polar surface area (TPSA) is 116 Å². The average molecular weight is 713 g/mol. The molecule has 0 fully saturated rings. The summed E-state index contributed by atoms with van der Waals surface area (Å²) in [6.45, 7) is 5.51. The first-order valence-electron chi connectivity index (χ1n) is 16.5. The van der Waals surface area contributed by atoms with Gasteiger partial charge in [-0.1, -0.05) is 60.7 Å². The Morgan fingerprint density at radius 1 is 0.558 bits per heavy atom. The van der Waals surface area contributed by atoms with Crippen LogP contribution in [0.4, 0.5) is 0 Å². The van der Waals surface area contributed by atoms with E-state index in [1.54, 1.807) is 73.7 Å². The van der Waals surface area contributed by atoms with Crippen LogP contribution in [0.3, 0.4) is 0 Å². The van der Waals surface area contributed by atoms with E-state index in [2.05, 4.69) is 0 Å². The highest BCUT2D eigenvalue weighted by Crippen LogP contribution is 2.31. The quantitative estimate of drug-likeness (QED) is 0.125. The van der Waals surface area contributed by atoms with Crippen LogP contribution in [0.5, 0.6) is 23.0 Å². The normalized spacial score (nSPS) is 11.1. The van der Waals surface area contributed by atoms with Crippen LogP contribution in [-0.4, -0.2) is 25.5 Å². The SMILES string of the molecule is Cc1cccc(Oc2cccc(S(=O)(=O)c3cccc(Oc4cccc(COC(=O)c5cc(Cc6ccc(C)c(C(=O)O)c6)ccc5C)c4)c3)c2)c1. The van der Waals surface area contributed by atoms with Gasteiger partial charge in [-0.3, -0.25) is 0 Å². The third-order valence-electron chi connectivity index (χ3n) is 8.42. The third kappa shape index (κ3) is 8.57. The van der Waals surface area contributed by atoms with E-state index >= 15 is 0 Å². The van der Waals surface area contributed by atoms with Crippen LogP contribution in [0.15, 0.2) is 143 Å². The molecular formula is C43H36O8S. The fourth-order valence-corrected chi connectivity index (χ4v) is 7.00. The van der Waals surface area contributed by atoms with Gasteiger partial charge in [-0.15, -0.1) is 0 Å². The number of carbonyl (C=O) groups is 2. The second-order valence-corrected chi connectivity index (χ2v) is 14.4. The molecule has 0 atom stereocenters. The van der Waals surface area contributed by atoms with E-state index in [0.717, 1.165) is 22.3 Å². The Labute approximate surface area is 302 Å². The molecule has 0 bridgehead atoms. The molecule has 1 N–H and O–H groups in total. The van der Waals surface area contributed by atoms with Crippen LogP contribution in [0.25, 0.3) is 0 Å². The molecule has 262 valence electrons. The van der Waals surface area contributed by atoms with Crippen molar-refractivity contribution in [3.05, 3.63) is 178 Å². The summed E-state index contributed by atoms with van der Waals surface area (Å²) in [7, 11) is -3.90. The summed E-state index contributed by atoms with van der Waals surface area (Å²) in [5, 5.41) is 9.49. The van der Waals surface area contributed by atoms with Crippen molar-refractivity contribution < 1.29 is 37.3 Å². The Morgan fingerprint density at radius 2 is 1.06 bits per heavy atom. The zero-order valence-electron chi connectivity index (χ0n) is 28.8. The van der Waals surface area contributed by atoms with Gasteiger partial charge in [-0.05, 0) is 133 Å². The van der Waals surface area contributed by atoms with Gasteiger partial charge in [0.05, 0.1) is 20.9 Å². The highest BCUT2D eigenvalue weighted by molar-refractivity contribution is 7.91. The number of benzene rings is 6. The number of ether oxygens (including phenoxy) is 3. The lowest BCUT2D eigenvalue weighted by atomic mass is 9.97. The summed E-state index contributed by atoms with van der Waals surface area (Å²) in [6.07, 6.45) is 0.456. The maximum Gasteiger partial charge on any atom is 0.338 e. The number of hydrogen-bond donors (Lipinski definition) is 1. The Morgan fingerprint density at radius 3 is 1.63 bits per heavy atom. The minimum absolute atomic E-state index is 0.0188. The monoisotopic (exact) mass is 712 g/mol. The van der Waals surface area contributed by atoms with E-state index in [1.807, 2.05) is 56.3 Å². The Hall–Kier alpha value is -6.19. The van der Waals surface area contributed by atoms with Gasteiger partial charge in [-0.2, -0.15) is 0 Å². The summed E-state index contributed by atoms with van der Waals surface area (Å²) in [4.78, 5) is 24.9. The highest BCUT2D eigenvalue weighted by Gasteiger charge is 2.20. The van der Waals surface area contributed by atoms with Gasteiger partial charge in [0.1, 0.15) is 29.6 Å². The van der Waals surface area contributed by atoms with E-state index in [9.17, 15) is 23.1 Å². The van der Waals surface area contributed by atoms with Gasteiger partial charge < -0.3 is 19.3 Å². The van der Waals surface area contributed by atoms with Crippen molar-refractivity contribution in [1.82, 2.24) is 0 Å². The summed E-state index contributed by atoms with van der Waals surface area (Å²) in [6, 6.07) is 38.0. The first-order chi connectivity index (χ1) is 24.9. The average Bonchev–Trinajstić information content (AvgIpc) is 3.12. The van der Waals surface area contributed by atoms with Crippen LogP contribution in [-0.2, 0) is 27.6 Å². The standard InChI is InChI=1S/C43H36O8S/c1-28-8-4-10-34(20-28)50-36-12-6-14-38(25-36)52(47,48)39-15-7-13-37(26-39)51-35-11-5-9-33(22-35)27-49-43(46)41-24-32(19-17-30(41)3)21-31-18-16-29(2)40(23-31)42(44)45/h4-20,22-26H,21,27H2,1-3H3,(H,44,45). The van der Waals surface area contributed by atoms with E-state index in [0.29, 0.717) is 46.1 Å². The van der Waals surface area contributed by atoms with Crippen LogP contribution in [0.1, 0.15) is 54.1 Å². The molecule has 8 nitrogen and oxygen atoms in total. The van der Waals surface area contributed by atoms with Crippen molar-refractivity contribution in [2.45, 2.75) is 43.6 Å². The lowest BCUT2D eigenvalue weighted by Crippen LogP contribution is -2.08. The van der Waals surface area contributed by atoms with E-state index in [-0.39, 0.29) is 22.0 Å². The van der Waals surface area contributed by atoms with Crippen molar-refractivity contribution in [3.63, 3.8) is 0 Å². The zero-order valence-corrected chi connectivity index (χ0v) is 29.6. The molecule has 0 saturated carbocycles. The van der Waals surface area contributed by atoms with Gasteiger partial charge in [0.25, 0.3) is 0 Å². The second kappa shape index (κ2) is 15.4. The van der Waals surface area contributed by atoms with Crippen molar-refractivity contribution in [3.8, 4) is 23.0 Å². The minimum atomic E-state index is -3.90. The lowest BCUT2D eigenvalue weighted by molar-refractivity contribution is 0.0471. The number of hydrogen-bond acceptors (Lipinski definition) is 7. The number of aryl methyl sites for hydroxylation is 3. The molecule has 0 saturated heterocycles. The van der Waals surface area contributed by atoms with Crippen LogP contribution >= 0.6 is 0 Å². The molecule has 9 heteroatoms. The molecule has 0 radical (unpaired) electrons. The molecule has 0 aliphatic carbocycles. The number of aromatic carboxylic acids is 1.